The number of likely N-dealkylation sites (tertiary alicyclic amines) is 1. The highest BCUT2D eigenvalue weighted by Crippen LogP contribution is 2.44. The zero-order valence-electron chi connectivity index (χ0n) is 17.0. The number of fused-ring (bicyclic) bond motifs is 1. The maximum atomic E-state index is 13.9. The summed E-state index contributed by atoms with van der Waals surface area (Å²) in [5.41, 5.74) is 4.42. The van der Waals surface area contributed by atoms with E-state index in [-0.39, 0.29) is 11.9 Å². The molecule has 0 aliphatic carbocycles. The summed E-state index contributed by atoms with van der Waals surface area (Å²) in [4.78, 5) is 18.3. The Morgan fingerprint density at radius 3 is 2.62 bits per heavy atom. The molecule has 5 heteroatoms. The molecule has 3 heterocycles. The van der Waals surface area contributed by atoms with Crippen LogP contribution in [-0.4, -0.2) is 56.7 Å². The van der Waals surface area contributed by atoms with Gasteiger partial charge in [0.1, 0.15) is 0 Å². The van der Waals surface area contributed by atoms with E-state index in [1.807, 2.05) is 18.2 Å². The second-order valence-electron chi connectivity index (χ2n) is 8.46. The predicted octanol–water partition coefficient (Wildman–Crippen LogP) is 2.86. The topological polar surface area (TPSA) is 44.8 Å². The molecule has 5 rings (SSSR count). The number of para-hydroxylation sites is 1. The van der Waals surface area contributed by atoms with E-state index in [0.29, 0.717) is 25.0 Å². The molecule has 0 radical (unpaired) electrons. The largest absolute Gasteiger partial charge is 0.378 e. The fraction of sp³-hybridized carbons (Fsp3) is 0.458. The number of carbonyl (C=O) groups excluding carboxylic acids is 1. The molecule has 29 heavy (non-hydrogen) atoms. The molecular formula is C24H29N3O2. The lowest BCUT2D eigenvalue weighted by Gasteiger charge is -2.33. The number of hydrogen-bond acceptors (Lipinski definition) is 4. The molecule has 5 nitrogen and oxygen atoms in total. The van der Waals surface area contributed by atoms with Gasteiger partial charge < -0.3 is 19.9 Å². The average molecular weight is 392 g/mol. The number of nitrogens with zero attached hydrogens (tertiary/aromatic N) is 2. The number of hydrogen-bond donors (Lipinski definition) is 1. The second-order valence-corrected chi connectivity index (χ2v) is 8.46. The number of anilines is 1. The summed E-state index contributed by atoms with van der Waals surface area (Å²) >= 11 is 0. The van der Waals surface area contributed by atoms with Gasteiger partial charge in [-0.05, 0) is 36.1 Å². The van der Waals surface area contributed by atoms with E-state index < -0.39 is 0 Å². The first-order valence-electron chi connectivity index (χ1n) is 10.7. The SMILES string of the molecule is Cc1ccccc1[C@@H]1[C@H]2CNC[C@H]2CN1C(=O)c1ccccc1N1CCOCC1. The first kappa shape index (κ1) is 18.6. The van der Waals surface area contributed by atoms with E-state index in [1.54, 1.807) is 0 Å². The number of rotatable bonds is 3. The Bertz CT molecular complexity index is 893. The van der Waals surface area contributed by atoms with Crippen molar-refractivity contribution in [2.45, 2.75) is 13.0 Å². The lowest BCUT2D eigenvalue weighted by atomic mass is 9.87. The van der Waals surface area contributed by atoms with E-state index in [2.05, 4.69) is 52.4 Å². The van der Waals surface area contributed by atoms with Gasteiger partial charge in [-0.3, -0.25) is 4.79 Å². The summed E-state index contributed by atoms with van der Waals surface area (Å²) in [5, 5.41) is 3.55. The Labute approximate surface area is 172 Å². The highest BCUT2D eigenvalue weighted by molar-refractivity contribution is 6.00. The lowest BCUT2D eigenvalue weighted by Crippen LogP contribution is -2.39. The Morgan fingerprint density at radius 2 is 1.79 bits per heavy atom. The Morgan fingerprint density at radius 1 is 1.03 bits per heavy atom. The lowest BCUT2D eigenvalue weighted by molar-refractivity contribution is 0.0713. The van der Waals surface area contributed by atoms with Gasteiger partial charge in [-0.2, -0.15) is 0 Å². The van der Waals surface area contributed by atoms with Crippen molar-refractivity contribution in [2.75, 3.05) is 50.8 Å². The van der Waals surface area contributed by atoms with Crippen molar-refractivity contribution in [1.29, 1.82) is 0 Å². The minimum Gasteiger partial charge on any atom is -0.378 e. The van der Waals surface area contributed by atoms with E-state index in [0.717, 1.165) is 44.0 Å². The molecular weight excluding hydrogens is 362 g/mol. The molecule has 0 spiro atoms. The van der Waals surface area contributed by atoms with Crippen LogP contribution in [0.15, 0.2) is 48.5 Å². The molecule has 0 bridgehead atoms. The average Bonchev–Trinajstić information content (AvgIpc) is 3.36. The molecule has 3 aliphatic rings. The third kappa shape index (κ3) is 3.32. The predicted molar refractivity (Wildman–Crippen MR) is 114 cm³/mol. The van der Waals surface area contributed by atoms with Gasteiger partial charge in [0.05, 0.1) is 24.8 Å². The van der Waals surface area contributed by atoms with Crippen molar-refractivity contribution in [3.63, 3.8) is 0 Å². The third-order valence-corrected chi connectivity index (χ3v) is 6.82. The molecule has 3 aliphatic heterocycles. The van der Waals surface area contributed by atoms with Crippen LogP contribution in [-0.2, 0) is 4.74 Å². The summed E-state index contributed by atoms with van der Waals surface area (Å²) < 4.78 is 5.52. The van der Waals surface area contributed by atoms with Gasteiger partial charge in [0.25, 0.3) is 5.91 Å². The normalized spacial score (nSPS) is 26.6. The monoisotopic (exact) mass is 391 g/mol. The van der Waals surface area contributed by atoms with Crippen LogP contribution in [0, 0.1) is 18.8 Å². The van der Waals surface area contributed by atoms with Crippen LogP contribution in [0.2, 0.25) is 0 Å². The zero-order valence-corrected chi connectivity index (χ0v) is 17.0. The minimum atomic E-state index is 0.140. The second kappa shape index (κ2) is 7.81. The van der Waals surface area contributed by atoms with Gasteiger partial charge in [-0.25, -0.2) is 0 Å². The van der Waals surface area contributed by atoms with Crippen molar-refractivity contribution in [3.8, 4) is 0 Å². The molecule has 3 saturated heterocycles. The molecule has 0 saturated carbocycles. The highest BCUT2D eigenvalue weighted by atomic mass is 16.5. The number of benzene rings is 2. The quantitative estimate of drug-likeness (QED) is 0.874. The smallest absolute Gasteiger partial charge is 0.256 e. The minimum absolute atomic E-state index is 0.140. The Balaban J connectivity index is 1.51. The van der Waals surface area contributed by atoms with Crippen LogP contribution >= 0.6 is 0 Å². The van der Waals surface area contributed by atoms with Crippen molar-refractivity contribution in [1.82, 2.24) is 10.2 Å². The number of amides is 1. The number of nitrogens with one attached hydrogen (secondary N) is 1. The summed E-state index contributed by atoms with van der Waals surface area (Å²) in [6, 6.07) is 16.8. The van der Waals surface area contributed by atoms with Crippen LogP contribution in [0.1, 0.15) is 27.5 Å². The van der Waals surface area contributed by atoms with Gasteiger partial charge in [0.2, 0.25) is 0 Å². The first-order chi connectivity index (χ1) is 14.2. The van der Waals surface area contributed by atoms with Crippen molar-refractivity contribution < 1.29 is 9.53 Å². The van der Waals surface area contributed by atoms with E-state index >= 15 is 0 Å². The Kier molecular flexibility index (Phi) is 5.02. The summed E-state index contributed by atoms with van der Waals surface area (Å²) in [6.07, 6.45) is 0. The molecule has 1 amide bonds. The van der Waals surface area contributed by atoms with E-state index in [9.17, 15) is 4.79 Å². The molecule has 0 aromatic heterocycles. The van der Waals surface area contributed by atoms with Gasteiger partial charge in [-0.1, -0.05) is 36.4 Å². The van der Waals surface area contributed by atoms with Crippen LogP contribution in [0.25, 0.3) is 0 Å². The number of aryl methyl sites for hydroxylation is 1. The Hall–Kier alpha value is -2.37. The van der Waals surface area contributed by atoms with Crippen LogP contribution < -0.4 is 10.2 Å². The molecule has 2 aromatic carbocycles. The summed E-state index contributed by atoms with van der Waals surface area (Å²) in [7, 11) is 0. The van der Waals surface area contributed by atoms with Crippen molar-refractivity contribution >= 4 is 11.6 Å². The van der Waals surface area contributed by atoms with Gasteiger partial charge in [0, 0.05) is 44.3 Å². The van der Waals surface area contributed by atoms with Crippen LogP contribution in [0.3, 0.4) is 0 Å². The summed E-state index contributed by atoms with van der Waals surface area (Å²) in [5.74, 6) is 1.17. The molecule has 152 valence electrons. The molecule has 3 fully saturated rings. The van der Waals surface area contributed by atoms with Gasteiger partial charge in [-0.15, -0.1) is 0 Å². The van der Waals surface area contributed by atoms with E-state index in [1.165, 1.54) is 11.1 Å². The van der Waals surface area contributed by atoms with Gasteiger partial charge >= 0.3 is 0 Å². The van der Waals surface area contributed by atoms with Crippen LogP contribution in [0.5, 0.6) is 0 Å². The fourth-order valence-electron chi connectivity index (χ4n) is 5.34. The zero-order chi connectivity index (χ0) is 19.8. The maximum Gasteiger partial charge on any atom is 0.256 e. The molecule has 3 atom stereocenters. The molecule has 0 unspecified atom stereocenters. The molecule has 2 aromatic rings. The standard InChI is InChI=1S/C24H29N3O2/c1-17-6-2-3-7-19(17)23-21-15-25-14-18(21)16-27(23)24(28)20-8-4-5-9-22(20)26-10-12-29-13-11-26/h2-9,18,21,23,25H,10-16H2,1H3/t18-,21-,23+/m0/s1. The highest BCUT2D eigenvalue weighted by Gasteiger charge is 2.47. The number of ether oxygens (including phenoxy) is 1. The van der Waals surface area contributed by atoms with Gasteiger partial charge in [0.15, 0.2) is 0 Å². The summed E-state index contributed by atoms with van der Waals surface area (Å²) in [6.45, 7) is 8.08. The van der Waals surface area contributed by atoms with Crippen molar-refractivity contribution in [3.05, 3.63) is 65.2 Å². The van der Waals surface area contributed by atoms with Crippen LogP contribution in [0.4, 0.5) is 5.69 Å². The van der Waals surface area contributed by atoms with E-state index in [4.69, 9.17) is 4.74 Å². The first-order valence-corrected chi connectivity index (χ1v) is 10.7. The number of carbonyl (C=O) groups is 1. The fourth-order valence-corrected chi connectivity index (χ4v) is 5.34. The molecule has 1 N–H and O–H groups in total. The third-order valence-electron chi connectivity index (χ3n) is 6.82. The van der Waals surface area contributed by atoms with Crippen molar-refractivity contribution in [2.24, 2.45) is 11.8 Å². The maximum absolute atomic E-state index is 13.9. The number of morpholine rings is 1.